The number of carbonyl (C=O) groups excluding carboxylic acids is 1. The molecule has 9 nitrogen and oxygen atoms in total. The van der Waals surface area contributed by atoms with Crippen molar-refractivity contribution in [3.05, 3.63) is 64.7 Å². The van der Waals surface area contributed by atoms with Gasteiger partial charge in [0.05, 0.1) is 13.1 Å². The number of thiophene rings is 1. The molecular weight excluding hydrogens is 536 g/mol. The molecule has 1 unspecified atom stereocenters. The molecule has 2 heterocycles. The zero-order chi connectivity index (χ0) is 26.9. The number of halogens is 1. The van der Waals surface area contributed by atoms with Crippen LogP contribution >= 0.6 is 22.9 Å². The molecule has 2 aromatic carbocycles. The van der Waals surface area contributed by atoms with Gasteiger partial charge in [-0.25, -0.2) is 13.2 Å². The van der Waals surface area contributed by atoms with Gasteiger partial charge >= 0.3 is 5.97 Å². The van der Waals surface area contributed by atoms with Crippen molar-refractivity contribution in [1.82, 2.24) is 15.1 Å². The summed E-state index contributed by atoms with van der Waals surface area (Å²) in [4.78, 5) is 27.0. The first-order valence-electron chi connectivity index (χ1n) is 11.0. The average molecular weight is 559 g/mol. The maximum Gasteiger partial charge on any atom is 0.327 e. The maximum absolute atomic E-state index is 14.1. The molecule has 3 aromatic rings. The van der Waals surface area contributed by atoms with E-state index in [4.69, 9.17) is 23.4 Å². The van der Waals surface area contributed by atoms with E-state index in [1.165, 1.54) is 4.90 Å². The number of amidine groups is 1. The second-order valence-electron chi connectivity index (χ2n) is 8.56. The second-order valence-corrected chi connectivity index (χ2v) is 12.3. The number of nitrogens with one attached hydrogen (secondary N) is 2. The lowest BCUT2D eigenvalue weighted by Gasteiger charge is -2.36. The molecule has 1 aliphatic rings. The first-order chi connectivity index (χ1) is 17.5. The van der Waals surface area contributed by atoms with Crippen LogP contribution in [0.1, 0.15) is 16.5 Å². The van der Waals surface area contributed by atoms with Crippen molar-refractivity contribution in [2.75, 3.05) is 26.7 Å². The largest absolute Gasteiger partial charge is 0.480 e. The zero-order valence-electron chi connectivity index (χ0n) is 19.6. The first-order valence-corrected chi connectivity index (χ1v) is 13.8. The lowest BCUT2D eigenvalue weighted by atomic mass is 10.1. The number of hydrogen-bond acceptors (Lipinski definition) is 7. The van der Waals surface area contributed by atoms with Crippen molar-refractivity contribution >= 4 is 60.6 Å². The molecule has 0 spiro atoms. The molecule has 3 N–H and O–H groups in total. The summed E-state index contributed by atoms with van der Waals surface area (Å²) in [5.74, 6) is 0.782. The Morgan fingerprint density at radius 1 is 1.32 bits per heavy atom. The molecule has 192 valence electrons. The van der Waals surface area contributed by atoms with Crippen LogP contribution in [0.25, 0.3) is 10.1 Å². The van der Waals surface area contributed by atoms with E-state index in [9.17, 15) is 23.1 Å². The van der Waals surface area contributed by atoms with Crippen LogP contribution < -0.4 is 5.32 Å². The summed E-state index contributed by atoms with van der Waals surface area (Å²) >= 11 is 7.14. The first kappa shape index (κ1) is 26.6. The molecule has 37 heavy (non-hydrogen) atoms. The number of terminal acetylenes is 1. The Kier molecular flexibility index (Phi) is 7.57. The third-order valence-corrected chi connectivity index (χ3v) is 9.85. The van der Waals surface area contributed by atoms with Crippen LogP contribution in [-0.4, -0.2) is 73.8 Å². The van der Waals surface area contributed by atoms with Gasteiger partial charge in [0.15, 0.2) is 0 Å². The Morgan fingerprint density at radius 2 is 2.03 bits per heavy atom. The van der Waals surface area contributed by atoms with Gasteiger partial charge in [0, 0.05) is 28.9 Å². The monoisotopic (exact) mass is 558 g/mol. The molecule has 4 rings (SSSR count). The highest BCUT2D eigenvalue weighted by Crippen LogP contribution is 2.39. The fourth-order valence-electron chi connectivity index (χ4n) is 4.15. The quantitative estimate of drug-likeness (QED) is 0.231. The minimum atomic E-state index is -4.12. The number of carbonyl (C=O) groups is 2. The summed E-state index contributed by atoms with van der Waals surface area (Å²) in [6.07, 6.45) is 5.33. The fourth-order valence-corrected chi connectivity index (χ4v) is 7.80. The van der Waals surface area contributed by atoms with Gasteiger partial charge < -0.3 is 15.3 Å². The van der Waals surface area contributed by atoms with Crippen LogP contribution in [0.2, 0.25) is 5.02 Å². The molecule has 2 atom stereocenters. The average Bonchev–Trinajstić information content (AvgIpc) is 3.28. The molecule has 1 fully saturated rings. The Labute approximate surface area is 223 Å². The highest BCUT2D eigenvalue weighted by Gasteiger charge is 2.41. The van der Waals surface area contributed by atoms with Gasteiger partial charge in [-0.15, -0.1) is 17.8 Å². The molecule has 1 aromatic heterocycles. The number of carboxylic acids is 1. The number of amides is 1. The smallest absolute Gasteiger partial charge is 0.327 e. The van der Waals surface area contributed by atoms with Gasteiger partial charge in [-0.1, -0.05) is 47.9 Å². The summed E-state index contributed by atoms with van der Waals surface area (Å²) in [5.41, 5.74) is 0.861. The van der Waals surface area contributed by atoms with E-state index >= 15 is 0 Å². The molecule has 0 bridgehead atoms. The lowest BCUT2D eigenvalue weighted by molar-refractivity contribution is -0.145. The zero-order valence-corrected chi connectivity index (χ0v) is 22.0. The van der Waals surface area contributed by atoms with Gasteiger partial charge in [0.1, 0.15) is 21.5 Å². The Bertz CT molecular complexity index is 1530. The van der Waals surface area contributed by atoms with E-state index in [1.54, 1.807) is 60.5 Å². The standard InChI is InChI=1S/C25H23ClN4O5S2/c1-3-10-29(2)23(27)15-4-6-16(7-5-15)24(30-13-19(25(32)33)28-21(31)14-30)37(34,35)22-11-17-8-9-18(26)12-20(17)36-22/h1,4-9,11-12,19,24,27H,10,13-14H2,2H3,(H,28,31)(H,32,33)/t19-,24?/m1/s1. The lowest BCUT2D eigenvalue weighted by Crippen LogP contribution is -2.58. The topological polar surface area (TPSA) is 131 Å². The highest BCUT2D eigenvalue weighted by atomic mass is 35.5. The molecule has 1 aliphatic heterocycles. The maximum atomic E-state index is 14.1. The Morgan fingerprint density at radius 3 is 2.68 bits per heavy atom. The summed E-state index contributed by atoms with van der Waals surface area (Å²) in [6, 6.07) is 11.7. The van der Waals surface area contributed by atoms with Crippen molar-refractivity contribution < 1.29 is 23.1 Å². The predicted molar refractivity (Wildman–Crippen MR) is 143 cm³/mol. The Balaban J connectivity index is 1.79. The summed E-state index contributed by atoms with van der Waals surface area (Å²) in [6.45, 7) is -0.274. The normalized spacial score (nSPS) is 17.1. The third-order valence-electron chi connectivity index (χ3n) is 5.94. The Hall–Kier alpha value is -3.43. The second kappa shape index (κ2) is 10.5. The number of fused-ring (bicyclic) bond motifs is 1. The van der Waals surface area contributed by atoms with Gasteiger partial charge in [0.2, 0.25) is 15.7 Å². The predicted octanol–water partition coefficient (Wildman–Crippen LogP) is 2.80. The fraction of sp³-hybridized carbons (Fsp3) is 0.240. The number of rotatable bonds is 7. The number of nitrogens with zero attached hydrogens (tertiary/aromatic N) is 2. The van der Waals surface area contributed by atoms with Crippen LogP contribution in [0, 0.1) is 17.8 Å². The SMILES string of the molecule is C#CCN(C)C(=N)c1ccc(C(N2CC(=O)N[C@@H](C(=O)O)C2)S(=O)(=O)c2cc3ccc(Cl)cc3s2)cc1. The molecular formula is C25H23ClN4O5S2. The molecule has 0 saturated carbocycles. The van der Waals surface area contributed by atoms with Gasteiger partial charge in [0.25, 0.3) is 0 Å². The number of hydrogen-bond donors (Lipinski definition) is 3. The summed E-state index contributed by atoms with van der Waals surface area (Å²) in [7, 11) is -2.45. The van der Waals surface area contributed by atoms with Gasteiger partial charge in [-0.2, -0.15) is 0 Å². The van der Waals surface area contributed by atoms with E-state index in [0.717, 1.165) is 11.3 Å². The van der Waals surface area contributed by atoms with E-state index < -0.39 is 33.1 Å². The molecule has 0 radical (unpaired) electrons. The van der Waals surface area contributed by atoms with Crippen LogP contribution in [0.5, 0.6) is 0 Å². The van der Waals surface area contributed by atoms with E-state index in [2.05, 4.69) is 11.2 Å². The minimum Gasteiger partial charge on any atom is -0.480 e. The van der Waals surface area contributed by atoms with Crippen molar-refractivity contribution in [2.24, 2.45) is 0 Å². The summed E-state index contributed by atoms with van der Waals surface area (Å²) in [5, 5.41) is 20.1. The number of carboxylic acid groups (broad SMARTS) is 1. The molecule has 1 amide bonds. The molecule has 12 heteroatoms. The van der Waals surface area contributed by atoms with Crippen LogP contribution in [0.15, 0.2) is 52.7 Å². The van der Waals surface area contributed by atoms with E-state index in [-0.39, 0.29) is 29.7 Å². The minimum absolute atomic E-state index is 0.0678. The van der Waals surface area contributed by atoms with E-state index in [0.29, 0.717) is 26.2 Å². The van der Waals surface area contributed by atoms with Crippen molar-refractivity contribution in [3.8, 4) is 12.3 Å². The van der Waals surface area contributed by atoms with Crippen molar-refractivity contribution in [3.63, 3.8) is 0 Å². The number of piperazine rings is 1. The summed E-state index contributed by atoms with van der Waals surface area (Å²) < 4.78 is 28.9. The number of aliphatic carboxylic acids is 1. The molecule has 1 saturated heterocycles. The van der Waals surface area contributed by atoms with E-state index in [1.807, 2.05) is 0 Å². The number of sulfone groups is 1. The van der Waals surface area contributed by atoms with Crippen LogP contribution in [0.4, 0.5) is 0 Å². The van der Waals surface area contributed by atoms with Crippen LogP contribution in [-0.2, 0) is 19.4 Å². The third kappa shape index (κ3) is 5.47. The van der Waals surface area contributed by atoms with Gasteiger partial charge in [-0.3, -0.25) is 15.1 Å². The highest BCUT2D eigenvalue weighted by molar-refractivity contribution is 7.93. The van der Waals surface area contributed by atoms with Crippen molar-refractivity contribution in [1.29, 1.82) is 5.41 Å². The van der Waals surface area contributed by atoms with Crippen molar-refractivity contribution in [2.45, 2.75) is 15.6 Å². The number of benzene rings is 2. The van der Waals surface area contributed by atoms with Crippen LogP contribution in [0.3, 0.4) is 0 Å². The van der Waals surface area contributed by atoms with Gasteiger partial charge in [-0.05, 0) is 29.1 Å². The molecule has 0 aliphatic carbocycles.